The van der Waals surface area contributed by atoms with Gasteiger partial charge in [0.25, 0.3) is 5.91 Å². The summed E-state index contributed by atoms with van der Waals surface area (Å²) in [6, 6.07) is 24.0. The minimum absolute atomic E-state index is 0.173. The van der Waals surface area contributed by atoms with Crippen molar-refractivity contribution >= 4 is 23.4 Å². The zero-order chi connectivity index (χ0) is 26.1. The molecule has 0 fully saturated rings. The third kappa shape index (κ3) is 8.42. The highest BCUT2D eigenvalue weighted by Crippen LogP contribution is 2.19. The van der Waals surface area contributed by atoms with Crippen LogP contribution in [0.25, 0.3) is 0 Å². The average molecular weight is 507 g/mol. The molecule has 190 valence electrons. The van der Waals surface area contributed by atoms with E-state index in [2.05, 4.69) is 12.2 Å². The van der Waals surface area contributed by atoms with Gasteiger partial charge in [-0.15, -0.1) is 0 Å². The monoisotopic (exact) mass is 506 g/mol. The summed E-state index contributed by atoms with van der Waals surface area (Å²) in [6.07, 6.45) is 1.31. The molecule has 0 bridgehead atoms. The molecule has 0 aliphatic carbocycles. The fourth-order valence-corrected chi connectivity index (χ4v) is 3.97. The highest BCUT2D eigenvalue weighted by atomic mass is 35.5. The smallest absolute Gasteiger partial charge is 0.261 e. The van der Waals surface area contributed by atoms with Gasteiger partial charge in [0.2, 0.25) is 5.91 Å². The summed E-state index contributed by atoms with van der Waals surface area (Å²) in [7, 11) is 0. The molecule has 0 radical (unpaired) electrons. The van der Waals surface area contributed by atoms with E-state index < -0.39 is 11.6 Å². The van der Waals surface area contributed by atoms with E-state index in [4.69, 9.17) is 16.3 Å². The van der Waals surface area contributed by atoms with Crippen molar-refractivity contribution in [1.82, 2.24) is 10.2 Å². The molecule has 0 aliphatic rings. The molecule has 0 aromatic heterocycles. The Hall–Kier alpha value is -3.31. The Balaban J connectivity index is 1.90. The Morgan fingerprint density at radius 2 is 1.50 bits per heavy atom. The van der Waals surface area contributed by atoms with Gasteiger partial charge in [-0.05, 0) is 68.1 Å². The molecule has 0 spiro atoms. The first-order chi connectivity index (χ1) is 17.1. The fourth-order valence-electron chi connectivity index (χ4n) is 3.84. The first-order valence-corrected chi connectivity index (χ1v) is 12.6. The molecular weight excluding hydrogens is 472 g/mol. The van der Waals surface area contributed by atoms with Crippen LogP contribution >= 0.6 is 11.6 Å². The van der Waals surface area contributed by atoms with E-state index in [0.29, 0.717) is 17.2 Å². The van der Waals surface area contributed by atoms with Crippen LogP contribution in [0.1, 0.15) is 44.4 Å². The Bertz CT molecular complexity index is 1120. The van der Waals surface area contributed by atoms with Gasteiger partial charge in [-0.2, -0.15) is 0 Å². The molecule has 5 nitrogen and oxygen atoms in total. The lowest BCUT2D eigenvalue weighted by atomic mass is 10.0. The molecule has 0 heterocycles. The van der Waals surface area contributed by atoms with Gasteiger partial charge >= 0.3 is 0 Å². The molecule has 2 amide bonds. The molecule has 1 unspecified atom stereocenters. The standard InChI is InChI=1S/C30H35ClN2O3/c1-5-22-13-17-26(18-14-22)36-21-28(34)33(20-24-11-15-25(31)16-12-24)27(29(35)32-30(2,3)4)19-23-9-7-6-8-10-23/h6-18,27H,5,19-21H2,1-4H3,(H,32,35). The third-order valence-electron chi connectivity index (χ3n) is 5.73. The van der Waals surface area contributed by atoms with Gasteiger partial charge in [-0.25, -0.2) is 0 Å². The van der Waals surface area contributed by atoms with E-state index in [-0.39, 0.29) is 25.0 Å². The van der Waals surface area contributed by atoms with Crippen LogP contribution in [0, 0.1) is 0 Å². The van der Waals surface area contributed by atoms with E-state index in [9.17, 15) is 9.59 Å². The van der Waals surface area contributed by atoms with Crippen molar-refractivity contribution in [2.75, 3.05) is 6.61 Å². The van der Waals surface area contributed by atoms with Gasteiger partial charge in [0.05, 0.1) is 0 Å². The second kappa shape index (κ2) is 12.6. The number of nitrogens with one attached hydrogen (secondary N) is 1. The van der Waals surface area contributed by atoms with Crippen molar-refractivity contribution in [1.29, 1.82) is 0 Å². The van der Waals surface area contributed by atoms with Gasteiger partial charge in [0.1, 0.15) is 11.8 Å². The van der Waals surface area contributed by atoms with Crippen LogP contribution < -0.4 is 10.1 Å². The van der Waals surface area contributed by atoms with E-state index >= 15 is 0 Å². The minimum Gasteiger partial charge on any atom is -0.484 e. The molecule has 3 aromatic carbocycles. The van der Waals surface area contributed by atoms with E-state index in [1.807, 2.05) is 87.5 Å². The summed E-state index contributed by atoms with van der Waals surface area (Å²) in [5.74, 6) is 0.140. The van der Waals surface area contributed by atoms with Crippen LogP contribution in [0.5, 0.6) is 5.75 Å². The predicted molar refractivity (Wildman–Crippen MR) is 145 cm³/mol. The molecule has 3 aromatic rings. The number of carbonyl (C=O) groups is 2. The maximum atomic E-state index is 13.6. The zero-order valence-electron chi connectivity index (χ0n) is 21.5. The number of nitrogens with zero attached hydrogens (tertiary/aromatic N) is 1. The largest absolute Gasteiger partial charge is 0.484 e. The molecule has 36 heavy (non-hydrogen) atoms. The van der Waals surface area contributed by atoms with Crippen molar-refractivity contribution in [3.63, 3.8) is 0 Å². The van der Waals surface area contributed by atoms with Crippen LogP contribution in [-0.2, 0) is 29.0 Å². The first-order valence-electron chi connectivity index (χ1n) is 12.3. The number of halogens is 1. The van der Waals surface area contributed by atoms with Crippen molar-refractivity contribution in [2.45, 2.75) is 58.7 Å². The van der Waals surface area contributed by atoms with Gasteiger partial charge in [0.15, 0.2) is 6.61 Å². The summed E-state index contributed by atoms with van der Waals surface area (Å²) in [4.78, 5) is 28.7. The highest BCUT2D eigenvalue weighted by molar-refractivity contribution is 6.30. The predicted octanol–water partition coefficient (Wildman–Crippen LogP) is 5.84. The van der Waals surface area contributed by atoms with Gasteiger partial charge < -0.3 is 15.0 Å². The minimum atomic E-state index is -0.721. The van der Waals surface area contributed by atoms with E-state index in [1.165, 1.54) is 5.56 Å². The molecule has 1 N–H and O–H groups in total. The molecule has 1 atom stereocenters. The van der Waals surface area contributed by atoms with Crippen molar-refractivity contribution < 1.29 is 14.3 Å². The Morgan fingerprint density at radius 1 is 0.889 bits per heavy atom. The van der Waals surface area contributed by atoms with E-state index in [0.717, 1.165) is 17.5 Å². The first kappa shape index (κ1) is 27.3. The second-order valence-electron chi connectivity index (χ2n) is 9.88. The lowest BCUT2D eigenvalue weighted by molar-refractivity contribution is -0.143. The summed E-state index contributed by atoms with van der Waals surface area (Å²) >= 11 is 6.08. The number of hydrogen-bond donors (Lipinski definition) is 1. The summed E-state index contributed by atoms with van der Waals surface area (Å²) in [5.41, 5.74) is 2.59. The number of hydrogen-bond acceptors (Lipinski definition) is 3. The van der Waals surface area contributed by atoms with E-state index in [1.54, 1.807) is 17.0 Å². The molecule has 0 saturated carbocycles. The average Bonchev–Trinajstić information content (AvgIpc) is 2.85. The topological polar surface area (TPSA) is 58.6 Å². The van der Waals surface area contributed by atoms with Crippen LogP contribution in [-0.4, -0.2) is 34.9 Å². The molecule has 0 aliphatic heterocycles. The summed E-state index contributed by atoms with van der Waals surface area (Å²) < 4.78 is 5.84. The highest BCUT2D eigenvalue weighted by Gasteiger charge is 2.32. The second-order valence-corrected chi connectivity index (χ2v) is 10.3. The number of carbonyl (C=O) groups excluding carboxylic acids is 2. The molecular formula is C30H35ClN2O3. The Morgan fingerprint density at radius 3 is 2.08 bits per heavy atom. The number of benzene rings is 3. The van der Waals surface area contributed by atoms with Crippen LogP contribution in [0.2, 0.25) is 5.02 Å². The maximum Gasteiger partial charge on any atom is 0.261 e. The van der Waals surface area contributed by atoms with Crippen LogP contribution in [0.15, 0.2) is 78.9 Å². The Kier molecular flexibility index (Phi) is 9.54. The van der Waals surface area contributed by atoms with Crippen molar-refractivity contribution in [2.24, 2.45) is 0 Å². The summed E-state index contributed by atoms with van der Waals surface area (Å²) in [6.45, 7) is 7.95. The van der Waals surface area contributed by atoms with Gasteiger partial charge in [0, 0.05) is 23.5 Å². The fraction of sp³-hybridized carbons (Fsp3) is 0.333. The van der Waals surface area contributed by atoms with Crippen molar-refractivity contribution in [3.8, 4) is 5.75 Å². The van der Waals surface area contributed by atoms with Gasteiger partial charge in [-0.3, -0.25) is 9.59 Å². The van der Waals surface area contributed by atoms with Crippen molar-refractivity contribution in [3.05, 3.63) is 101 Å². The molecule has 6 heteroatoms. The zero-order valence-corrected chi connectivity index (χ0v) is 22.2. The Labute approximate surface area is 219 Å². The lowest BCUT2D eigenvalue weighted by Gasteiger charge is -2.33. The van der Waals surface area contributed by atoms with Gasteiger partial charge in [-0.1, -0.05) is 73.1 Å². The number of amides is 2. The number of ether oxygens (including phenoxy) is 1. The third-order valence-corrected chi connectivity index (χ3v) is 5.98. The maximum absolute atomic E-state index is 13.6. The number of rotatable bonds is 10. The molecule has 3 rings (SSSR count). The molecule has 0 saturated heterocycles. The van der Waals surface area contributed by atoms with Crippen LogP contribution in [0.3, 0.4) is 0 Å². The van der Waals surface area contributed by atoms with Crippen LogP contribution in [0.4, 0.5) is 0 Å². The lowest BCUT2D eigenvalue weighted by Crippen LogP contribution is -2.55. The number of aryl methyl sites for hydroxylation is 1. The summed E-state index contributed by atoms with van der Waals surface area (Å²) in [5, 5.41) is 3.67. The quantitative estimate of drug-likeness (QED) is 0.376. The normalized spacial score (nSPS) is 12.0. The SMILES string of the molecule is CCc1ccc(OCC(=O)N(Cc2ccc(Cl)cc2)C(Cc2ccccc2)C(=O)NC(C)(C)C)cc1.